The molecule has 15 heavy (non-hydrogen) atoms. The summed E-state index contributed by atoms with van der Waals surface area (Å²) >= 11 is 2.39. The Morgan fingerprint density at radius 3 is 2.47 bits per heavy atom. The molecule has 0 bridgehead atoms. The maximum atomic E-state index is 3.59. The fourth-order valence-corrected chi connectivity index (χ4v) is 2.15. The zero-order valence-corrected chi connectivity index (χ0v) is 12.1. The van der Waals surface area contributed by atoms with Gasteiger partial charge in [-0.05, 0) is 59.5 Å². The zero-order chi connectivity index (χ0) is 11.4. The quantitative estimate of drug-likeness (QED) is 0.809. The number of hydrogen-bond acceptors (Lipinski definition) is 1. The van der Waals surface area contributed by atoms with E-state index in [1.165, 1.54) is 21.2 Å². The van der Waals surface area contributed by atoms with Crippen molar-refractivity contribution in [1.29, 1.82) is 0 Å². The molecule has 1 rings (SSSR count). The minimum atomic E-state index is 0.573. The van der Waals surface area contributed by atoms with Gasteiger partial charge in [0.1, 0.15) is 0 Å². The van der Waals surface area contributed by atoms with Crippen molar-refractivity contribution in [2.75, 3.05) is 5.32 Å². The molecule has 0 saturated carbocycles. The molecule has 1 aromatic rings. The molecule has 1 unspecified atom stereocenters. The van der Waals surface area contributed by atoms with Crippen LogP contribution >= 0.6 is 22.6 Å². The predicted octanol–water partition coefficient (Wildman–Crippen LogP) is 4.45. The average Bonchev–Trinajstić information content (AvgIpc) is 2.19. The van der Waals surface area contributed by atoms with Gasteiger partial charge < -0.3 is 5.32 Å². The van der Waals surface area contributed by atoms with Gasteiger partial charge in [0.25, 0.3) is 0 Å². The van der Waals surface area contributed by atoms with E-state index in [9.17, 15) is 0 Å². The number of rotatable bonds is 4. The van der Waals surface area contributed by atoms with Crippen LogP contribution < -0.4 is 5.32 Å². The third-order valence-electron chi connectivity index (χ3n) is 2.77. The van der Waals surface area contributed by atoms with Gasteiger partial charge in [-0.15, -0.1) is 0 Å². The highest BCUT2D eigenvalue weighted by molar-refractivity contribution is 14.1. The molecular formula is C13H20IN. The summed E-state index contributed by atoms with van der Waals surface area (Å²) in [7, 11) is 0. The molecule has 0 amide bonds. The Hall–Kier alpha value is -0.250. The maximum Gasteiger partial charge on any atom is 0.0353 e. The highest BCUT2D eigenvalue weighted by Crippen LogP contribution is 2.20. The van der Waals surface area contributed by atoms with Crippen LogP contribution in [-0.2, 0) is 0 Å². The average molecular weight is 317 g/mol. The predicted molar refractivity (Wildman–Crippen MR) is 76.4 cm³/mol. The van der Waals surface area contributed by atoms with Gasteiger partial charge in [0.05, 0.1) is 0 Å². The van der Waals surface area contributed by atoms with E-state index in [0.717, 1.165) is 0 Å². The van der Waals surface area contributed by atoms with Gasteiger partial charge >= 0.3 is 0 Å². The fraction of sp³-hybridized carbons (Fsp3) is 0.538. The Morgan fingerprint density at radius 2 is 2.00 bits per heavy atom. The minimum absolute atomic E-state index is 0.573. The van der Waals surface area contributed by atoms with Gasteiger partial charge in [0.15, 0.2) is 0 Å². The number of nitrogens with one attached hydrogen (secondary N) is 1. The van der Waals surface area contributed by atoms with Gasteiger partial charge in [-0.3, -0.25) is 0 Å². The van der Waals surface area contributed by atoms with Gasteiger partial charge in [0.2, 0.25) is 0 Å². The first-order valence-electron chi connectivity index (χ1n) is 5.57. The summed E-state index contributed by atoms with van der Waals surface area (Å²) in [6, 6.07) is 7.14. The van der Waals surface area contributed by atoms with Crippen LogP contribution in [0.15, 0.2) is 18.2 Å². The standard InChI is InChI=1S/C13H20IN/c1-5-13(9(2)3)15-11-7-6-10(4)12(14)8-11/h6-9,13,15H,5H2,1-4H3. The Labute approximate surface area is 107 Å². The van der Waals surface area contributed by atoms with Crippen molar-refractivity contribution in [3.63, 3.8) is 0 Å². The van der Waals surface area contributed by atoms with E-state index in [0.29, 0.717) is 12.0 Å². The summed E-state index contributed by atoms with van der Waals surface area (Å²) in [4.78, 5) is 0. The lowest BCUT2D eigenvalue weighted by molar-refractivity contribution is 0.511. The number of aryl methyl sites for hydroxylation is 1. The molecular weight excluding hydrogens is 297 g/mol. The molecule has 0 fully saturated rings. The molecule has 0 aliphatic heterocycles. The summed E-state index contributed by atoms with van der Waals surface area (Å²) in [5.41, 5.74) is 2.59. The smallest absolute Gasteiger partial charge is 0.0353 e. The monoisotopic (exact) mass is 317 g/mol. The van der Waals surface area contributed by atoms with Crippen LogP contribution in [0, 0.1) is 16.4 Å². The summed E-state index contributed by atoms with van der Waals surface area (Å²) in [6.07, 6.45) is 1.17. The SMILES string of the molecule is CCC(Nc1ccc(C)c(I)c1)C(C)C. The molecule has 1 nitrogen and oxygen atoms in total. The van der Waals surface area contributed by atoms with E-state index in [-0.39, 0.29) is 0 Å². The van der Waals surface area contributed by atoms with Crippen LogP contribution in [0.2, 0.25) is 0 Å². The molecule has 0 aliphatic rings. The van der Waals surface area contributed by atoms with Crippen molar-refractivity contribution in [2.24, 2.45) is 5.92 Å². The molecule has 0 aliphatic carbocycles. The van der Waals surface area contributed by atoms with Crippen LogP contribution in [0.1, 0.15) is 32.8 Å². The van der Waals surface area contributed by atoms with Crippen LogP contribution in [0.4, 0.5) is 5.69 Å². The molecule has 2 heteroatoms. The molecule has 0 spiro atoms. The second-order valence-corrected chi connectivity index (χ2v) is 5.53. The summed E-state index contributed by atoms with van der Waals surface area (Å²) in [5, 5.41) is 3.59. The Balaban J connectivity index is 2.75. The number of hydrogen-bond donors (Lipinski definition) is 1. The molecule has 1 atom stereocenters. The highest BCUT2D eigenvalue weighted by atomic mass is 127. The van der Waals surface area contributed by atoms with Crippen LogP contribution in [0.5, 0.6) is 0 Å². The second kappa shape index (κ2) is 5.73. The summed E-state index contributed by atoms with van der Waals surface area (Å²) in [5.74, 6) is 0.675. The molecule has 1 aromatic carbocycles. The van der Waals surface area contributed by atoms with Crippen LogP contribution in [0.25, 0.3) is 0 Å². The molecule has 84 valence electrons. The highest BCUT2D eigenvalue weighted by Gasteiger charge is 2.10. The zero-order valence-electron chi connectivity index (χ0n) is 9.97. The van der Waals surface area contributed by atoms with Crippen LogP contribution in [-0.4, -0.2) is 6.04 Å². The molecule has 1 N–H and O–H groups in total. The summed E-state index contributed by atoms with van der Waals surface area (Å²) < 4.78 is 1.33. The topological polar surface area (TPSA) is 12.0 Å². The first-order valence-corrected chi connectivity index (χ1v) is 6.65. The van der Waals surface area contributed by atoms with Crippen molar-refractivity contribution in [2.45, 2.75) is 40.2 Å². The van der Waals surface area contributed by atoms with Crippen molar-refractivity contribution >= 4 is 28.3 Å². The van der Waals surface area contributed by atoms with E-state index in [4.69, 9.17) is 0 Å². The molecule has 0 heterocycles. The van der Waals surface area contributed by atoms with E-state index < -0.39 is 0 Å². The van der Waals surface area contributed by atoms with Crippen molar-refractivity contribution in [1.82, 2.24) is 0 Å². The second-order valence-electron chi connectivity index (χ2n) is 4.37. The Kier molecular flexibility index (Phi) is 4.90. The van der Waals surface area contributed by atoms with E-state index in [1.54, 1.807) is 0 Å². The first-order chi connectivity index (χ1) is 7.04. The van der Waals surface area contributed by atoms with Gasteiger partial charge in [-0.25, -0.2) is 0 Å². The van der Waals surface area contributed by atoms with Crippen molar-refractivity contribution < 1.29 is 0 Å². The molecule has 0 saturated heterocycles. The normalized spacial score (nSPS) is 12.9. The third-order valence-corrected chi connectivity index (χ3v) is 3.93. The number of halogens is 1. The van der Waals surface area contributed by atoms with Crippen LogP contribution in [0.3, 0.4) is 0 Å². The maximum absolute atomic E-state index is 3.59. The number of benzene rings is 1. The molecule has 0 aromatic heterocycles. The number of anilines is 1. The van der Waals surface area contributed by atoms with E-state index >= 15 is 0 Å². The Morgan fingerprint density at radius 1 is 1.33 bits per heavy atom. The van der Waals surface area contributed by atoms with E-state index in [1.807, 2.05) is 0 Å². The first kappa shape index (κ1) is 12.8. The fourth-order valence-electron chi connectivity index (χ4n) is 1.64. The van der Waals surface area contributed by atoms with Gasteiger partial charge in [0, 0.05) is 15.3 Å². The largest absolute Gasteiger partial charge is 0.382 e. The van der Waals surface area contributed by atoms with Crippen molar-refractivity contribution in [3.8, 4) is 0 Å². The third kappa shape index (κ3) is 3.67. The lowest BCUT2D eigenvalue weighted by Gasteiger charge is -2.22. The minimum Gasteiger partial charge on any atom is -0.382 e. The van der Waals surface area contributed by atoms with Gasteiger partial charge in [-0.1, -0.05) is 26.8 Å². The lowest BCUT2D eigenvalue weighted by Crippen LogP contribution is -2.24. The Bertz CT molecular complexity index is 320. The molecule has 0 radical (unpaired) electrons. The van der Waals surface area contributed by atoms with Crippen molar-refractivity contribution in [3.05, 3.63) is 27.3 Å². The lowest BCUT2D eigenvalue weighted by atomic mass is 10.0. The summed E-state index contributed by atoms with van der Waals surface area (Å²) in [6.45, 7) is 8.91. The van der Waals surface area contributed by atoms with E-state index in [2.05, 4.69) is 73.8 Å². The van der Waals surface area contributed by atoms with Gasteiger partial charge in [-0.2, -0.15) is 0 Å².